The maximum atomic E-state index is 11.5. The Labute approximate surface area is 110 Å². The maximum Gasteiger partial charge on any atom is 0.234 e. The topological polar surface area (TPSA) is 70.2 Å². The fraction of sp³-hybridized carbons (Fsp3) is 0.846. The molecule has 0 heterocycles. The van der Waals surface area contributed by atoms with E-state index in [1.54, 1.807) is 0 Å². The van der Waals surface area contributed by atoms with Crippen LogP contribution in [0.2, 0.25) is 0 Å². The molecular weight excluding hydrogens is 230 g/mol. The lowest BCUT2D eigenvalue weighted by molar-refractivity contribution is -0.122. The summed E-state index contributed by atoms with van der Waals surface area (Å²) in [5.74, 6) is 0.0222. The predicted octanol–water partition coefficient (Wildman–Crippen LogP) is 0.797. The molecule has 5 nitrogen and oxygen atoms in total. The van der Waals surface area contributed by atoms with Crippen molar-refractivity contribution < 1.29 is 9.59 Å². The molecule has 5 heteroatoms. The minimum Gasteiger partial charge on any atom is -0.356 e. The molecular formula is C13H27N3O2. The highest BCUT2D eigenvalue weighted by Gasteiger charge is 2.06. The van der Waals surface area contributed by atoms with Crippen LogP contribution in [0.4, 0.5) is 0 Å². The number of amides is 2. The minimum absolute atomic E-state index is 0.00934. The van der Waals surface area contributed by atoms with Crippen LogP contribution in [-0.2, 0) is 9.59 Å². The Morgan fingerprint density at radius 2 is 1.78 bits per heavy atom. The first-order valence-electron chi connectivity index (χ1n) is 6.86. The van der Waals surface area contributed by atoms with Gasteiger partial charge in [-0.2, -0.15) is 0 Å². The molecule has 0 spiro atoms. The van der Waals surface area contributed by atoms with Gasteiger partial charge in [-0.05, 0) is 19.8 Å². The van der Waals surface area contributed by atoms with Crippen molar-refractivity contribution in [1.29, 1.82) is 0 Å². The largest absolute Gasteiger partial charge is 0.356 e. The standard InChI is InChI=1S/C13H27N3O2/c1-4-6-11(3)16-13(18)10-14-9-7-12(17)15-8-5-2/h11,14H,4-10H2,1-3H3,(H,15,17)(H,16,18). The van der Waals surface area contributed by atoms with Gasteiger partial charge in [0.05, 0.1) is 6.54 Å². The Balaban J connectivity index is 3.48. The highest BCUT2D eigenvalue weighted by Crippen LogP contribution is 1.93. The average Bonchev–Trinajstić information content (AvgIpc) is 2.32. The van der Waals surface area contributed by atoms with Gasteiger partial charge in [-0.3, -0.25) is 9.59 Å². The second-order valence-corrected chi connectivity index (χ2v) is 4.53. The van der Waals surface area contributed by atoms with Gasteiger partial charge in [-0.25, -0.2) is 0 Å². The summed E-state index contributed by atoms with van der Waals surface area (Å²) in [7, 11) is 0. The molecule has 0 aromatic rings. The third-order valence-corrected chi connectivity index (χ3v) is 2.52. The zero-order valence-corrected chi connectivity index (χ0v) is 11.8. The number of rotatable bonds is 10. The van der Waals surface area contributed by atoms with Gasteiger partial charge in [0.2, 0.25) is 11.8 Å². The lowest BCUT2D eigenvalue weighted by Gasteiger charge is -2.13. The van der Waals surface area contributed by atoms with Crippen molar-refractivity contribution in [3.8, 4) is 0 Å². The van der Waals surface area contributed by atoms with Crippen LogP contribution >= 0.6 is 0 Å². The summed E-state index contributed by atoms with van der Waals surface area (Å²) in [6, 6.07) is 0.220. The molecule has 2 amide bonds. The summed E-state index contributed by atoms with van der Waals surface area (Å²) in [6.45, 7) is 7.63. The number of hydrogen-bond donors (Lipinski definition) is 3. The SMILES string of the molecule is CCCNC(=O)CCNCC(=O)NC(C)CCC. The first kappa shape index (κ1) is 16.9. The van der Waals surface area contributed by atoms with Gasteiger partial charge < -0.3 is 16.0 Å². The zero-order valence-electron chi connectivity index (χ0n) is 11.8. The second kappa shape index (κ2) is 11.0. The normalized spacial score (nSPS) is 11.9. The summed E-state index contributed by atoms with van der Waals surface area (Å²) >= 11 is 0. The van der Waals surface area contributed by atoms with E-state index in [4.69, 9.17) is 0 Å². The molecule has 0 aliphatic rings. The third-order valence-electron chi connectivity index (χ3n) is 2.52. The van der Waals surface area contributed by atoms with E-state index in [2.05, 4.69) is 22.9 Å². The van der Waals surface area contributed by atoms with Crippen molar-refractivity contribution in [3.05, 3.63) is 0 Å². The lowest BCUT2D eigenvalue weighted by atomic mass is 10.2. The fourth-order valence-electron chi connectivity index (χ4n) is 1.59. The van der Waals surface area contributed by atoms with E-state index < -0.39 is 0 Å². The first-order chi connectivity index (χ1) is 8.60. The average molecular weight is 257 g/mol. The highest BCUT2D eigenvalue weighted by atomic mass is 16.2. The second-order valence-electron chi connectivity index (χ2n) is 4.53. The number of carbonyl (C=O) groups excluding carboxylic acids is 2. The van der Waals surface area contributed by atoms with Crippen molar-refractivity contribution in [1.82, 2.24) is 16.0 Å². The van der Waals surface area contributed by atoms with Crippen LogP contribution in [0.3, 0.4) is 0 Å². The molecule has 0 aromatic heterocycles. The van der Waals surface area contributed by atoms with Crippen LogP contribution in [0.1, 0.15) is 46.5 Å². The molecule has 0 radical (unpaired) electrons. The number of hydrogen-bond acceptors (Lipinski definition) is 3. The van der Waals surface area contributed by atoms with Crippen molar-refractivity contribution >= 4 is 11.8 Å². The molecule has 0 aliphatic heterocycles. The highest BCUT2D eigenvalue weighted by molar-refractivity contribution is 5.78. The van der Waals surface area contributed by atoms with E-state index in [-0.39, 0.29) is 24.4 Å². The van der Waals surface area contributed by atoms with Crippen LogP contribution in [0, 0.1) is 0 Å². The molecule has 0 fully saturated rings. The van der Waals surface area contributed by atoms with Gasteiger partial charge in [0.15, 0.2) is 0 Å². The quantitative estimate of drug-likeness (QED) is 0.507. The van der Waals surface area contributed by atoms with E-state index >= 15 is 0 Å². The molecule has 3 N–H and O–H groups in total. The van der Waals surface area contributed by atoms with Crippen LogP contribution in [-0.4, -0.2) is 37.5 Å². The summed E-state index contributed by atoms with van der Waals surface area (Å²) in [6.07, 6.45) is 3.41. The van der Waals surface area contributed by atoms with E-state index in [1.165, 1.54) is 0 Å². The Bertz CT molecular complexity index is 244. The van der Waals surface area contributed by atoms with Crippen molar-refractivity contribution in [2.24, 2.45) is 0 Å². The van der Waals surface area contributed by atoms with Crippen LogP contribution in [0.15, 0.2) is 0 Å². The van der Waals surface area contributed by atoms with Crippen molar-refractivity contribution in [2.75, 3.05) is 19.6 Å². The Hall–Kier alpha value is -1.10. The lowest BCUT2D eigenvalue weighted by Crippen LogP contribution is -2.39. The summed E-state index contributed by atoms with van der Waals surface area (Å²) in [5.41, 5.74) is 0. The Morgan fingerprint density at radius 3 is 2.39 bits per heavy atom. The van der Waals surface area contributed by atoms with Crippen LogP contribution in [0.5, 0.6) is 0 Å². The fourth-order valence-corrected chi connectivity index (χ4v) is 1.59. The molecule has 0 saturated carbocycles. The summed E-state index contributed by atoms with van der Waals surface area (Å²) < 4.78 is 0. The van der Waals surface area contributed by atoms with Gasteiger partial charge >= 0.3 is 0 Å². The molecule has 18 heavy (non-hydrogen) atoms. The summed E-state index contributed by atoms with van der Waals surface area (Å²) in [4.78, 5) is 22.7. The molecule has 0 aliphatic carbocycles. The van der Waals surface area contributed by atoms with Crippen molar-refractivity contribution in [3.63, 3.8) is 0 Å². The smallest absolute Gasteiger partial charge is 0.234 e. The number of nitrogens with one attached hydrogen (secondary N) is 3. The molecule has 0 bridgehead atoms. The van der Waals surface area contributed by atoms with Crippen molar-refractivity contribution in [2.45, 2.75) is 52.5 Å². The number of carbonyl (C=O) groups is 2. The minimum atomic E-state index is -0.00934. The molecule has 0 saturated heterocycles. The van der Waals surface area contributed by atoms with Gasteiger partial charge in [0.1, 0.15) is 0 Å². The third kappa shape index (κ3) is 10.1. The van der Waals surface area contributed by atoms with Gasteiger partial charge in [0.25, 0.3) is 0 Å². The monoisotopic (exact) mass is 257 g/mol. The first-order valence-corrected chi connectivity index (χ1v) is 6.86. The van der Waals surface area contributed by atoms with Gasteiger partial charge in [-0.1, -0.05) is 20.3 Å². The summed E-state index contributed by atoms with van der Waals surface area (Å²) in [5, 5.41) is 8.66. The van der Waals surface area contributed by atoms with E-state index in [1.807, 2.05) is 13.8 Å². The van der Waals surface area contributed by atoms with E-state index in [9.17, 15) is 9.59 Å². The van der Waals surface area contributed by atoms with E-state index in [0.717, 1.165) is 19.3 Å². The van der Waals surface area contributed by atoms with Gasteiger partial charge in [-0.15, -0.1) is 0 Å². The van der Waals surface area contributed by atoms with Crippen LogP contribution in [0.25, 0.3) is 0 Å². The Morgan fingerprint density at radius 1 is 1.06 bits per heavy atom. The molecule has 1 atom stereocenters. The molecule has 0 rings (SSSR count). The van der Waals surface area contributed by atoms with E-state index in [0.29, 0.717) is 19.5 Å². The molecule has 0 aromatic carbocycles. The predicted molar refractivity (Wildman–Crippen MR) is 73.3 cm³/mol. The molecule has 1 unspecified atom stereocenters. The van der Waals surface area contributed by atoms with Crippen LogP contribution < -0.4 is 16.0 Å². The van der Waals surface area contributed by atoms with Gasteiger partial charge in [0, 0.05) is 25.6 Å². The Kier molecular flexibility index (Phi) is 10.3. The molecule has 106 valence electrons. The zero-order chi connectivity index (χ0) is 13.8. The maximum absolute atomic E-state index is 11.5.